The van der Waals surface area contributed by atoms with Crippen molar-refractivity contribution < 1.29 is 22.7 Å². The van der Waals surface area contributed by atoms with E-state index in [1.54, 1.807) is 31.2 Å². The standard InChI is InChI=1S/C18H13F2NO3/c1-2-23-18(22)15-16(11-6-4-3-5-7-11)24-17(21-15)12-8-9-13(19)14(20)10-12/h3-10H,2H2,1H3. The Balaban J connectivity index is 2.12. The highest BCUT2D eigenvalue weighted by molar-refractivity contribution is 5.94. The summed E-state index contributed by atoms with van der Waals surface area (Å²) in [6, 6.07) is 12.1. The van der Waals surface area contributed by atoms with Gasteiger partial charge in [-0.25, -0.2) is 18.6 Å². The van der Waals surface area contributed by atoms with Crippen molar-refractivity contribution in [3.05, 3.63) is 65.9 Å². The number of hydrogen-bond donors (Lipinski definition) is 0. The molecule has 6 heteroatoms. The maximum atomic E-state index is 13.4. The highest BCUT2D eigenvalue weighted by atomic mass is 19.2. The lowest BCUT2D eigenvalue weighted by molar-refractivity contribution is 0.0520. The van der Waals surface area contributed by atoms with Crippen LogP contribution in [-0.4, -0.2) is 17.6 Å². The number of esters is 1. The SMILES string of the molecule is CCOC(=O)c1nc(-c2ccc(F)c(F)c2)oc1-c1ccccc1. The maximum absolute atomic E-state index is 13.4. The minimum atomic E-state index is -1.02. The zero-order valence-electron chi connectivity index (χ0n) is 12.8. The van der Waals surface area contributed by atoms with E-state index in [-0.39, 0.29) is 29.5 Å². The molecule has 0 N–H and O–H groups in total. The van der Waals surface area contributed by atoms with Gasteiger partial charge in [-0.1, -0.05) is 30.3 Å². The van der Waals surface area contributed by atoms with Crippen LogP contribution in [0.5, 0.6) is 0 Å². The van der Waals surface area contributed by atoms with E-state index in [2.05, 4.69) is 4.98 Å². The smallest absolute Gasteiger partial charge is 0.361 e. The lowest BCUT2D eigenvalue weighted by Crippen LogP contribution is -2.06. The van der Waals surface area contributed by atoms with Crippen LogP contribution < -0.4 is 0 Å². The molecule has 0 saturated heterocycles. The maximum Gasteiger partial charge on any atom is 0.361 e. The molecule has 0 amide bonds. The first kappa shape index (κ1) is 15.9. The quantitative estimate of drug-likeness (QED) is 0.663. The van der Waals surface area contributed by atoms with Gasteiger partial charge in [-0.2, -0.15) is 0 Å². The summed E-state index contributed by atoms with van der Waals surface area (Å²) >= 11 is 0. The zero-order chi connectivity index (χ0) is 17.1. The van der Waals surface area contributed by atoms with Gasteiger partial charge in [0.15, 0.2) is 23.1 Å². The first-order valence-electron chi connectivity index (χ1n) is 7.29. The molecule has 4 nitrogen and oxygen atoms in total. The van der Waals surface area contributed by atoms with Crippen LogP contribution in [0.15, 0.2) is 52.9 Å². The van der Waals surface area contributed by atoms with Crippen LogP contribution in [0.4, 0.5) is 8.78 Å². The van der Waals surface area contributed by atoms with Crippen molar-refractivity contribution in [1.29, 1.82) is 0 Å². The van der Waals surface area contributed by atoms with E-state index in [1.807, 2.05) is 6.07 Å². The topological polar surface area (TPSA) is 52.3 Å². The first-order chi connectivity index (χ1) is 11.6. The van der Waals surface area contributed by atoms with E-state index in [9.17, 15) is 13.6 Å². The molecular weight excluding hydrogens is 316 g/mol. The van der Waals surface area contributed by atoms with Crippen molar-refractivity contribution in [3.63, 3.8) is 0 Å². The van der Waals surface area contributed by atoms with Crippen LogP contribution in [0.2, 0.25) is 0 Å². The molecule has 0 spiro atoms. The van der Waals surface area contributed by atoms with Gasteiger partial charge in [0.1, 0.15) is 0 Å². The fourth-order valence-electron chi connectivity index (χ4n) is 2.20. The third-order valence-electron chi connectivity index (χ3n) is 3.30. The molecule has 3 rings (SSSR count). The molecule has 1 aromatic heterocycles. The van der Waals surface area contributed by atoms with Crippen LogP contribution in [0.25, 0.3) is 22.8 Å². The Labute approximate surface area is 136 Å². The number of carbonyl (C=O) groups excluding carboxylic acids is 1. The largest absolute Gasteiger partial charge is 0.461 e. The minimum absolute atomic E-state index is 0.0100. The molecule has 0 aliphatic carbocycles. The molecule has 0 aliphatic rings. The fraction of sp³-hybridized carbons (Fsp3) is 0.111. The lowest BCUT2D eigenvalue weighted by Gasteiger charge is -2.00. The number of carbonyl (C=O) groups is 1. The van der Waals surface area contributed by atoms with Gasteiger partial charge in [0, 0.05) is 11.1 Å². The molecule has 0 radical (unpaired) electrons. The van der Waals surface area contributed by atoms with Crippen LogP contribution in [0.1, 0.15) is 17.4 Å². The summed E-state index contributed by atoms with van der Waals surface area (Å²) in [7, 11) is 0. The van der Waals surface area contributed by atoms with Crippen molar-refractivity contribution in [1.82, 2.24) is 4.98 Å². The number of hydrogen-bond acceptors (Lipinski definition) is 4. The van der Waals surface area contributed by atoms with Crippen molar-refractivity contribution in [2.45, 2.75) is 6.92 Å². The molecule has 0 atom stereocenters. The monoisotopic (exact) mass is 329 g/mol. The van der Waals surface area contributed by atoms with Crippen LogP contribution in [0, 0.1) is 11.6 Å². The molecule has 0 fully saturated rings. The van der Waals surface area contributed by atoms with Gasteiger partial charge >= 0.3 is 5.97 Å². The van der Waals surface area contributed by atoms with E-state index in [0.717, 1.165) is 12.1 Å². The second-order valence-corrected chi connectivity index (χ2v) is 4.91. The van der Waals surface area contributed by atoms with Gasteiger partial charge in [0.2, 0.25) is 5.89 Å². The van der Waals surface area contributed by atoms with Gasteiger partial charge in [0.05, 0.1) is 6.61 Å². The molecule has 2 aromatic carbocycles. The van der Waals surface area contributed by atoms with Gasteiger partial charge in [0.25, 0.3) is 0 Å². The number of nitrogens with zero attached hydrogens (tertiary/aromatic N) is 1. The van der Waals surface area contributed by atoms with E-state index < -0.39 is 17.6 Å². The molecule has 0 aliphatic heterocycles. The highest BCUT2D eigenvalue weighted by Crippen LogP contribution is 2.30. The summed E-state index contributed by atoms with van der Waals surface area (Å²) < 4.78 is 37.2. The number of aromatic nitrogens is 1. The Bertz CT molecular complexity index is 875. The Kier molecular flexibility index (Phi) is 4.37. The third-order valence-corrected chi connectivity index (χ3v) is 3.30. The predicted molar refractivity (Wildman–Crippen MR) is 83.2 cm³/mol. The summed E-state index contributed by atoms with van der Waals surface area (Å²) in [5, 5.41) is 0. The number of ether oxygens (including phenoxy) is 1. The fourth-order valence-corrected chi connectivity index (χ4v) is 2.20. The third kappa shape index (κ3) is 3.03. The second kappa shape index (κ2) is 6.62. The number of halogens is 2. The predicted octanol–water partition coefficient (Wildman–Crippen LogP) is 4.46. The second-order valence-electron chi connectivity index (χ2n) is 4.91. The average Bonchev–Trinajstić information content (AvgIpc) is 3.04. The molecule has 0 saturated carbocycles. The normalized spacial score (nSPS) is 10.6. The summed E-state index contributed by atoms with van der Waals surface area (Å²) in [6.45, 7) is 1.86. The molecule has 24 heavy (non-hydrogen) atoms. The summed E-state index contributed by atoms with van der Waals surface area (Å²) in [5.41, 5.74) is 0.839. The molecular formula is C18H13F2NO3. The van der Waals surface area contributed by atoms with Crippen molar-refractivity contribution >= 4 is 5.97 Å². The Hall–Kier alpha value is -3.02. The van der Waals surface area contributed by atoms with Crippen LogP contribution in [0.3, 0.4) is 0 Å². The minimum Gasteiger partial charge on any atom is -0.461 e. The average molecular weight is 329 g/mol. The summed E-state index contributed by atoms with van der Waals surface area (Å²) in [6.07, 6.45) is 0. The van der Waals surface area contributed by atoms with Gasteiger partial charge in [-0.3, -0.25) is 0 Å². The van der Waals surface area contributed by atoms with Crippen LogP contribution in [-0.2, 0) is 4.74 Å². The summed E-state index contributed by atoms with van der Waals surface area (Å²) in [5.74, 6) is -2.41. The molecule has 122 valence electrons. The van der Waals surface area contributed by atoms with Gasteiger partial charge in [-0.15, -0.1) is 0 Å². The Morgan fingerprint density at radius 3 is 2.50 bits per heavy atom. The van der Waals surface area contributed by atoms with E-state index in [0.29, 0.717) is 5.56 Å². The molecule has 1 heterocycles. The highest BCUT2D eigenvalue weighted by Gasteiger charge is 2.23. The van der Waals surface area contributed by atoms with Crippen LogP contribution >= 0.6 is 0 Å². The van der Waals surface area contributed by atoms with E-state index in [1.165, 1.54) is 6.07 Å². The first-order valence-corrected chi connectivity index (χ1v) is 7.29. The molecule has 0 bridgehead atoms. The molecule has 0 unspecified atom stereocenters. The molecule has 3 aromatic rings. The van der Waals surface area contributed by atoms with E-state index >= 15 is 0 Å². The van der Waals surface area contributed by atoms with Crippen molar-refractivity contribution in [2.24, 2.45) is 0 Å². The van der Waals surface area contributed by atoms with Crippen molar-refractivity contribution in [3.8, 4) is 22.8 Å². The van der Waals surface area contributed by atoms with Crippen molar-refractivity contribution in [2.75, 3.05) is 6.61 Å². The summed E-state index contributed by atoms with van der Waals surface area (Å²) in [4.78, 5) is 16.2. The number of oxazole rings is 1. The number of benzene rings is 2. The van der Waals surface area contributed by atoms with E-state index in [4.69, 9.17) is 9.15 Å². The lowest BCUT2D eigenvalue weighted by atomic mass is 10.1. The van der Waals surface area contributed by atoms with Gasteiger partial charge < -0.3 is 9.15 Å². The Morgan fingerprint density at radius 1 is 1.08 bits per heavy atom. The Morgan fingerprint density at radius 2 is 1.83 bits per heavy atom. The zero-order valence-corrected chi connectivity index (χ0v) is 12.8. The number of rotatable bonds is 4. The van der Waals surface area contributed by atoms with Gasteiger partial charge in [-0.05, 0) is 25.1 Å².